The first-order valence-corrected chi connectivity index (χ1v) is 6.83. The minimum atomic E-state index is -0.478. The fourth-order valence-corrected chi connectivity index (χ4v) is 2.55. The number of nitrogens with two attached hydrogens (primary N) is 1. The predicted molar refractivity (Wildman–Crippen MR) is 77.6 cm³/mol. The minimum absolute atomic E-state index is 0.00530. The number of benzene rings is 1. The molecule has 1 aromatic heterocycles. The van der Waals surface area contributed by atoms with E-state index in [-0.39, 0.29) is 11.8 Å². The Bertz CT molecular complexity index is 675. The van der Waals surface area contributed by atoms with E-state index in [4.69, 9.17) is 5.73 Å². The summed E-state index contributed by atoms with van der Waals surface area (Å²) in [5, 5.41) is 2.88. The van der Waals surface area contributed by atoms with Crippen molar-refractivity contribution in [2.24, 2.45) is 11.7 Å². The molecule has 0 fully saturated rings. The molecule has 1 unspecified atom stereocenters. The summed E-state index contributed by atoms with van der Waals surface area (Å²) in [5.74, 6) is -0.535. The number of primary amides is 1. The molecular weight excluding hydrogens is 268 g/mol. The first kappa shape index (κ1) is 13.4. The third-order valence-electron chi connectivity index (χ3n) is 3.78. The Morgan fingerprint density at radius 2 is 2.05 bits per heavy atom. The van der Waals surface area contributed by atoms with Gasteiger partial charge in [-0.05, 0) is 30.7 Å². The van der Waals surface area contributed by atoms with Crippen LogP contribution in [0.4, 0.5) is 5.69 Å². The van der Waals surface area contributed by atoms with Crippen LogP contribution < -0.4 is 11.1 Å². The predicted octanol–water partition coefficient (Wildman–Crippen LogP) is 1.18. The van der Waals surface area contributed by atoms with E-state index in [0.29, 0.717) is 17.7 Å². The highest BCUT2D eigenvalue weighted by atomic mass is 16.2. The molecular formula is C15H16N4O2. The van der Waals surface area contributed by atoms with Crippen LogP contribution in [0.1, 0.15) is 22.5 Å². The van der Waals surface area contributed by atoms with Crippen molar-refractivity contribution in [3.63, 3.8) is 0 Å². The molecule has 6 heteroatoms. The molecule has 2 aromatic rings. The van der Waals surface area contributed by atoms with Crippen LogP contribution in [0.15, 0.2) is 36.8 Å². The first-order valence-electron chi connectivity index (χ1n) is 6.83. The molecule has 0 radical (unpaired) electrons. The van der Waals surface area contributed by atoms with Gasteiger partial charge in [-0.3, -0.25) is 9.59 Å². The average Bonchev–Trinajstić information content (AvgIpc) is 2.95. The third-order valence-corrected chi connectivity index (χ3v) is 3.78. The number of fused-ring (bicyclic) bond motifs is 1. The van der Waals surface area contributed by atoms with Crippen molar-refractivity contribution < 1.29 is 9.59 Å². The Hall–Kier alpha value is -2.63. The highest BCUT2D eigenvalue weighted by Gasteiger charge is 2.24. The van der Waals surface area contributed by atoms with E-state index >= 15 is 0 Å². The van der Waals surface area contributed by atoms with Crippen LogP contribution in [0.3, 0.4) is 0 Å². The molecule has 2 amide bonds. The van der Waals surface area contributed by atoms with Crippen LogP contribution in [0.2, 0.25) is 0 Å². The van der Waals surface area contributed by atoms with Gasteiger partial charge < -0.3 is 15.6 Å². The summed E-state index contributed by atoms with van der Waals surface area (Å²) in [6, 6.07) is 6.58. The fourth-order valence-electron chi connectivity index (χ4n) is 2.55. The van der Waals surface area contributed by atoms with Gasteiger partial charge >= 0.3 is 0 Å². The zero-order chi connectivity index (χ0) is 14.8. The van der Waals surface area contributed by atoms with Gasteiger partial charge in [0.15, 0.2) is 0 Å². The lowest BCUT2D eigenvalue weighted by Crippen LogP contribution is -2.29. The van der Waals surface area contributed by atoms with Crippen LogP contribution in [0, 0.1) is 5.92 Å². The van der Waals surface area contributed by atoms with Gasteiger partial charge in [0, 0.05) is 42.0 Å². The highest BCUT2D eigenvalue weighted by Crippen LogP contribution is 2.21. The van der Waals surface area contributed by atoms with Crippen LogP contribution >= 0.6 is 0 Å². The number of rotatable bonds is 3. The summed E-state index contributed by atoms with van der Waals surface area (Å²) in [4.78, 5) is 27.4. The van der Waals surface area contributed by atoms with Gasteiger partial charge in [0.2, 0.25) is 11.8 Å². The second kappa shape index (κ2) is 5.40. The molecule has 3 rings (SSSR count). The number of imidazole rings is 1. The standard InChI is InChI=1S/C15H16N4O2/c16-14(20)10-1-3-12(4-2-10)18-15(21)11-5-6-19-9-17-8-13(19)7-11/h1-4,8-9,11H,5-7H2,(H2,16,20)(H,18,21). The number of nitrogens with zero attached hydrogens (tertiary/aromatic N) is 2. The molecule has 1 aliphatic rings. The van der Waals surface area contributed by atoms with Crippen LogP contribution in [0.5, 0.6) is 0 Å². The van der Waals surface area contributed by atoms with Gasteiger partial charge in [-0.25, -0.2) is 4.98 Å². The van der Waals surface area contributed by atoms with E-state index in [1.165, 1.54) is 0 Å². The normalized spacial score (nSPS) is 17.0. The molecule has 21 heavy (non-hydrogen) atoms. The van der Waals surface area contributed by atoms with Gasteiger partial charge in [-0.1, -0.05) is 0 Å². The lowest BCUT2D eigenvalue weighted by Gasteiger charge is -2.23. The van der Waals surface area contributed by atoms with Crippen LogP contribution in [0.25, 0.3) is 0 Å². The lowest BCUT2D eigenvalue weighted by atomic mass is 9.95. The maximum Gasteiger partial charge on any atom is 0.248 e. The SMILES string of the molecule is NC(=O)c1ccc(NC(=O)C2CCn3cncc3C2)cc1. The number of hydrogen-bond acceptors (Lipinski definition) is 3. The average molecular weight is 284 g/mol. The third kappa shape index (κ3) is 2.79. The zero-order valence-electron chi connectivity index (χ0n) is 11.5. The monoisotopic (exact) mass is 284 g/mol. The number of aromatic nitrogens is 2. The van der Waals surface area contributed by atoms with Crippen molar-refractivity contribution in [2.45, 2.75) is 19.4 Å². The zero-order valence-corrected chi connectivity index (χ0v) is 11.5. The van der Waals surface area contributed by atoms with Crippen LogP contribution in [-0.4, -0.2) is 21.4 Å². The van der Waals surface area contributed by atoms with Gasteiger partial charge in [-0.15, -0.1) is 0 Å². The number of hydrogen-bond donors (Lipinski definition) is 2. The lowest BCUT2D eigenvalue weighted by molar-refractivity contribution is -0.120. The molecule has 1 atom stereocenters. The quantitative estimate of drug-likeness (QED) is 0.887. The summed E-state index contributed by atoms with van der Waals surface area (Å²) in [5.41, 5.74) is 7.37. The summed E-state index contributed by atoms with van der Waals surface area (Å²) in [6.07, 6.45) is 5.10. The van der Waals surface area contributed by atoms with Crippen LogP contribution in [-0.2, 0) is 17.8 Å². The Morgan fingerprint density at radius 3 is 2.76 bits per heavy atom. The van der Waals surface area contributed by atoms with Gasteiger partial charge in [0.25, 0.3) is 0 Å². The fraction of sp³-hybridized carbons (Fsp3) is 0.267. The number of nitrogens with one attached hydrogen (secondary N) is 1. The molecule has 0 saturated carbocycles. The molecule has 0 spiro atoms. The Labute approximate surface area is 122 Å². The van der Waals surface area contributed by atoms with Gasteiger partial charge in [0.1, 0.15) is 0 Å². The number of anilines is 1. The summed E-state index contributed by atoms with van der Waals surface area (Å²) < 4.78 is 2.07. The number of carbonyl (C=O) groups is 2. The molecule has 1 aromatic carbocycles. The molecule has 108 valence electrons. The number of carbonyl (C=O) groups excluding carboxylic acids is 2. The topological polar surface area (TPSA) is 90.0 Å². The maximum absolute atomic E-state index is 12.3. The Morgan fingerprint density at radius 1 is 1.29 bits per heavy atom. The number of amides is 2. The van der Waals surface area contributed by atoms with Crippen molar-refractivity contribution in [2.75, 3.05) is 5.32 Å². The van der Waals surface area contributed by atoms with Crippen molar-refractivity contribution >= 4 is 17.5 Å². The summed E-state index contributed by atoms with van der Waals surface area (Å²) >= 11 is 0. The molecule has 6 nitrogen and oxygen atoms in total. The minimum Gasteiger partial charge on any atom is -0.366 e. The smallest absolute Gasteiger partial charge is 0.248 e. The van der Waals surface area contributed by atoms with E-state index in [1.807, 2.05) is 0 Å². The first-order chi connectivity index (χ1) is 10.1. The van der Waals surface area contributed by atoms with Gasteiger partial charge in [0.05, 0.1) is 6.33 Å². The van der Waals surface area contributed by atoms with E-state index < -0.39 is 5.91 Å². The van der Waals surface area contributed by atoms with Gasteiger partial charge in [-0.2, -0.15) is 0 Å². The maximum atomic E-state index is 12.3. The molecule has 1 aliphatic heterocycles. The van der Waals surface area contributed by atoms with E-state index in [2.05, 4.69) is 14.9 Å². The summed E-state index contributed by atoms with van der Waals surface area (Å²) in [7, 11) is 0. The highest BCUT2D eigenvalue weighted by molar-refractivity contribution is 5.95. The largest absolute Gasteiger partial charge is 0.366 e. The number of aryl methyl sites for hydroxylation is 1. The van der Waals surface area contributed by atoms with Crippen molar-refractivity contribution in [3.05, 3.63) is 48.0 Å². The van der Waals surface area contributed by atoms with E-state index in [9.17, 15) is 9.59 Å². The second-order valence-corrected chi connectivity index (χ2v) is 5.20. The molecule has 2 heterocycles. The van der Waals surface area contributed by atoms with Crippen molar-refractivity contribution in [1.82, 2.24) is 9.55 Å². The second-order valence-electron chi connectivity index (χ2n) is 5.20. The van der Waals surface area contributed by atoms with Crippen molar-refractivity contribution in [3.8, 4) is 0 Å². The molecule has 0 aliphatic carbocycles. The van der Waals surface area contributed by atoms with E-state index in [0.717, 1.165) is 18.7 Å². The Balaban J connectivity index is 1.65. The van der Waals surface area contributed by atoms with E-state index in [1.54, 1.807) is 36.8 Å². The Kier molecular flexibility index (Phi) is 3.43. The van der Waals surface area contributed by atoms with Crippen molar-refractivity contribution in [1.29, 1.82) is 0 Å². The molecule has 0 bridgehead atoms. The summed E-state index contributed by atoms with van der Waals surface area (Å²) in [6.45, 7) is 0.814. The molecule has 3 N–H and O–H groups in total. The molecule has 0 saturated heterocycles.